The van der Waals surface area contributed by atoms with E-state index in [4.69, 9.17) is 35.0 Å². The van der Waals surface area contributed by atoms with Gasteiger partial charge < -0.3 is 23.4 Å². The van der Waals surface area contributed by atoms with Crippen molar-refractivity contribution in [1.82, 2.24) is 0 Å². The lowest BCUT2D eigenvalue weighted by Crippen LogP contribution is -2.15. The lowest BCUT2D eigenvalue weighted by molar-refractivity contribution is -0.128. The van der Waals surface area contributed by atoms with E-state index in [1.807, 2.05) is 6.07 Å². The number of carbonyl (C=O) groups excluding carboxylic acids is 1. The van der Waals surface area contributed by atoms with Crippen molar-refractivity contribution in [1.29, 1.82) is 0 Å². The third kappa shape index (κ3) is 4.60. The number of hydrogen-bond acceptors (Lipinski definition) is 7. The largest absolute Gasteiger partial charge is 0.486 e. The Morgan fingerprint density at radius 1 is 0.941 bits per heavy atom. The molecular weight excluding hydrogens is 460 g/mol. The second-order valence-electron chi connectivity index (χ2n) is 7.28. The van der Waals surface area contributed by atoms with E-state index in [0.29, 0.717) is 35.5 Å². The van der Waals surface area contributed by atoms with Crippen LogP contribution in [0.25, 0.3) is 17.0 Å². The van der Waals surface area contributed by atoms with E-state index < -0.39 is 5.97 Å². The summed E-state index contributed by atoms with van der Waals surface area (Å²) in [7, 11) is 0. The van der Waals surface area contributed by atoms with E-state index in [9.17, 15) is 9.59 Å². The van der Waals surface area contributed by atoms with Crippen LogP contribution in [0.3, 0.4) is 0 Å². The maximum Gasteiger partial charge on any atom is 0.336 e. The molecule has 0 saturated carbocycles. The number of carbonyl (C=O) groups is 1. The molecular formula is C26H17ClO7. The quantitative estimate of drug-likeness (QED) is 0.210. The van der Waals surface area contributed by atoms with Crippen molar-refractivity contribution >= 4 is 34.6 Å². The average molecular weight is 477 g/mol. The van der Waals surface area contributed by atoms with E-state index in [0.717, 1.165) is 5.56 Å². The number of hydrogen-bond donors (Lipinski definition) is 0. The van der Waals surface area contributed by atoms with E-state index in [1.165, 1.54) is 30.5 Å². The van der Waals surface area contributed by atoms with Crippen LogP contribution in [0.5, 0.6) is 28.7 Å². The average Bonchev–Trinajstić information content (AvgIpc) is 2.85. The molecule has 0 fully saturated rings. The van der Waals surface area contributed by atoms with Gasteiger partial charge in [-0.2, -0.15) is 0 Å². The van der Waals surface area contributed by atoms with Crippen LogP contribution in [0.2, 0.25) is 5.02 Å². The monoisotopic (exact) mass is 476 g/mol. The highest BCUT2D eigenvalue weighted by atomic mass is 35.5. The molecule has 4 aromatic rings. The van der Waals surface area contributed by atoms with Gasteiger partial charge in [0.2, 0.25) is 11.2 Å². The van der Waals surface area contributed by atoms with E-state index in [-0.39, 0.29) is 27.9 Å². The van der Waals surface area contributed by atoms with Gasteiger partial charge in [0.1, 0.15) is 36.6 Å². The fourth-order valence-corrected chi connectivity index (χ4v) is 3.52. The van der Waals surface area contributed by atoms with Gasteiger partial charge in [0.15, 0.2) is 11.5 Å². The molecule has 0 N–H and O–H groups in total. The van der Waals surface area contributed by atoms with Gasteiger partial charge in [0.25, 0.3) is 0 Å². The molecule has 8 heteroatoms. The SMILES string of the molecule is O=C(/C=C/c1ccc2c(c1)OCCO2)Oc1ccc2c(=O)c(Oc3ccccc3Cl)coc2c1. The molecule has 0 saturated heterocycles. The molecule has 0 atom stereocenters. The van der Waals surface area contributed by atoms with Crippen LogP contribution in [0.15, 0.2) is 82.2 Å². The number of fused-ring (bicyclic) bond motifs is 2. The molecule has 2 heterocycles. The molecule has 34 heavy (non-hydrogen) atoms. The standard InChI is InChI=1S/C26H17ClO7/c27-19-3-1-2-4-20(19)34-24-15-32-22-14-17(7-8-18(22)26(24)29)33-25(28)10-6-16-5-9-21-23(13-16)31-12-11-30-21/h1-10,13-15H,11-12H2/b10-6+. The minimum Gasteiger partial charge on any atom is -0.486 e. The van der Waals surface area contributed by atoms with Crippen molar-refractivity contribution < 1.29 is 28.2 Å². The van der Waals surface area contributed by atoms with Gasteiger partial charge in [-0.15, -0.1) is 0 Å². The predicted molar refractivity (Wildman–Crippen MR) is 126 cm³/mol. The zero-order valence-electron chi connectivity index (χ0n) is 17.7. The number of esters is 1. The number of ether oxygens (including phenoxy) is 4. The molecule has 1 aliphatic heterocycles. The van der Waals surface area contributed by atoms with Gasteiger partial charge in [-0.25, -0.2) is 4.79 Å². The number of halogens is 1. The second-order valence-corrected chi connectivity index (χ2v) is 7.68. The molecule has 7 nitrogen and oxygen atoms in total. The van der Waals surface area contributed by atoms with Gasteiger partial charge in [-0.1, -0.05) is 29.8 Å². The third-order valence-corrected chi connectivity index (χ3v) is 5.28. The maximum atomic E-state index is 12.8. The molecule has 1 aromatic heterocycles. The van der Waals surface area contributed by atoms with Gasteiger partial charge in [-0.05, 0) is 48.0 Å². The fraction of sp³-hybridized carbons (Fsp3) is 0.0769. The highest BCUT2D eigenvalue weighted by molar-refractivity contribution is 6.32. The summed E-state index contributed by atoms with van der Waals surface area (Å²) in [6.45, 7) is 0.990. The highest BCUT2D eigenvalue weighted by Gasteiger charge is 2.13. The molecule has 0 spiro atoms. The molecule has 0 radical (unpaired) electrons. The lowest BCUT2D eigenvalue weighted by Gasteiger charge is -2.18. The van der Waals surface area contributed by atoms with Crippen molar-refractivity contribution in [2.24, 2.45) is 0 Å². The zero-order chi connectivity index (χ0) is 23.5. The summed E-state index contributed by atoms with van der Waals surface area (Å²) < 4.78 is 27.5. The van der Waals surface area contributed by atoms with Crippen molar-refractivity contribution in [3.63, 3.8) is 0 Å². The summed E-state index contributed by atoms with van der Waals surface area (Å²) in [5.41, 5.74) is 0.631. The van der Waals surface area contributed by atoms with Crippen molar-refractivity contribution in [2.45, 2.75) is 0 Å². The minimum atomic E-state index is -0.588. The smallest absolute Gasteiger partial charge is 0.336 e. The Kier molecular flexibility index (Phi) is 5.93. The number of benzene rings is 3. The Hall–Kier alpha value is -4.23. The highest BCUT2D eigenvalue weighted by Crippen LogP contribution is 2.31. The Labute approximate surface area is 198 Å². The van der Waals surface area contributed by atoms with Crippen molar-refractivity contribution in [3.8, 4) is 28.7 Å². The predicted octanol–water partition coefficient (Wildman–Crippen LogP) is 5.63. The summed E-state index contributed by atoms with van der Waals surface area (Å²) in [4.78, 5) is 25.0. The van der Waals surface area contributed by atoms with Crippen LogP contribution in [-0.4, -0.2) is 19.2 Å². The summed E-state index contributed by atoms with van der Waals surface area (Å²) in [5, 5.41) is 0.643. The number of rotatable bonds is 5. The van der Waals surface area contributed by atoms with Gasteiger partial charge in [0.05, 0.1) is 10.4 Å². The van der Waals surface area contributed by atoms with E-state index in [1.54, 1.807) is 42.5 Å². The minimum absolute atomic E-state index is 0.00675. The van der Waals surface area contributed by atoms with Gasteiger partial charge in [0, 0.05) is 12.1 Å². The normalized spacial score (nSPS) is 12.6. The first kappa shape index (κ1) is 21.6. The van der Waals surface area contributed by atoms with Gasteiger partial charge >= 0.3 is 5.97 Å². The molecule has 1 aliphatic rings. The molecule has 0 amide bonds. The summed E-state index contributed by atoms with van der Waals surface area (Å²) in [6.07, 6.45) is 4.10. The zero-order valence-corrected chi connectivity index (χ0v) is 18.4. The Morgan fingerprint density at radius 2 is 1.76 bits per heavy atom. The van der Waals surface area contributed by atoms with Crippen LogP contribution in [0.4, 0.5) is 0 Å². The molecule has 0 aliphatic carbocycles. The Bertz CT molecular complexity index is 1470. The maximum absolute atomic E-state index is 12.8. The van der Waals surface area contributed by atoms with Crippen molar-refractivity contribution in [2.75, 3.05) is 13.2 Å². The van der Waals surface area contributed by atoms with Crippen LogP contribution in [0.1, 0.15) is 5.56 Å². The fourth-order valence-electron chi connectivity index (χ4n) is 3.35. The second kappa shape index (κ2) is 9.33. The first-order valence-corrected chi connectivity index (χ1v) is 10.7. The first-order chi connectivity index (χ1) is 16.6. The molecule has 0 unspecified atom stereocenters. The third-order valence-electron chi connectivity index (χ3n) is 4.97. The molecule has 3 aromatic carbocycles. The Morgan fingerprint density at radius 3 is 2.62 bits per heavy atom. The van der Waals surface area contributed by atoms with E-state index in [2.05, 4.69) is 0 Å². The first-order valence-electron chi connectivity index (χ1n) is 10.3. The van der Waals surface area contributed by atoms with Gasteiger partial charge in [-0.3, -0.25) is 4.79 Å². The van der Waals surface area contributed by atoms with Crippen LogP contribution >= 0.6 is 11.6 Å². The van der Waals surface area contributed by atoms with Crippen LogP contribution in [0, 0.1) is 0 Å². The van der Waals surface area contributed by atoms with E-state index >= 15 is 0 Å². The van der Waals surface area contributed by atoms with Crippen LogP contribution < -0.4 is 24.4 Å². The lowest BCUT2D eigenvalue weighted by atomic mass is 10.2. The number of para-hydroxylation sites is 1. The topological polar surface area (TPSA) is 84.2 Å². The Balaban J connectivity index is 1.30. The molecule has 170 valence electrons. The molecule has 5 rings (SSSR count). The molecule has 0 bridgehead atoms. The van der Waals surface area contributed by atoms with Crippen molar-refractivity contribution in [3.05, 3.63) is 93.8 Å². The summed E-state index contributed by atoms with van der Waals surface area (Å²) in [5.74, 6) is 1.27. The summed E-state index contributed by atoms with van der Waals surface area (Å²) in [6, 6.07) is 16.7. The van der Waals surface area contributed by atoms with Crippen LogP contribution in [-0.2, 0) is 4.79 Å². The summed E-state index contributed by atoms with van der Waals surface area (Å²) >= 11 is 6.09.